The van der Waals surface area contributed by atoms with Crippen molar-refractivity contribution < 1.29 is 0 Å². The van der Waals surface area contributed by atoms with Crippen molar-refractivity contribution in [2.45, 2.75) is 44.4 Å². The molecule has 82 valence electrons. The standard InChI is InChI=1S/C14H21N/c1-2-14(10-11-15)9-5-7-12-6-3-4-8-13(12)14/h3-4,6,8H,2,5,7,9-11,15H2,1H3. The Hall–Kier alpha value is -0.820. The van der Waals surface area contributed by atoms with E-state index in [0.29, 0.717) is 5.41 Å². The Kier molecular flexibility index (Phi) is 3.11. The predicted molar refractivity (Wildman–Crippen MR) is 65.0 cm³/mol. The predicted octanol–water partition coefficient (Wildman–Crippen LogP) is 3.02. The van der Waals surface area contributed by atoms with E-state index in [1.165, 1.54) is 25.7 Å². The monoisotopic (exact) mass is 203 g/mol. The Morgan fingerprint density at radius 2 is 2.13 bits per heavy atom. The van der Waals surface area contributed by atoms with Crippen LogP contribution in [0.5, 0.6) is 0 Å². The van der Waals surface area contributed by atoms with E-state index < -0.39 is 0 Å². The lowest BCUT2D eigenvalue weighted by Crippen LogP contribution is -2.32. The largest absolute Gasteiger partial charge is 0.330 e. The number of hydrogen-bond donors (Lipinski definition) is 1. The highest BCUT2D eigenvalue weighted by molar-refractivity contribution is 5.36. The van der Waals surface area contributed by atoms with E-state index in [0.717, 1.165) is 13.0 Å². The molecule has 0 aliphatic heterocycles. The first-order valence-corrected chi connectivity index (χ1v) is 6.11. The van der Waals surface area contributed by atoms with Crippen LogP contribution in [0.4, 0.5) is 0 Å². The molecule has 1 heteroatoms. The first kappa shape index (κ1) is 10.7. The molecule has 1 atom stereocenters. The number of aryl methyl sites for hydroxylation is 1. The molecule has 0 aromatic heterocycles. The Labute approximate surface area is 92.7 Å². The fourth-order valence-corrected chi connectivity index (χ4v) is 3.09. The van der Waals surface area contributed by atoms with E-state index in [4.69, 9.17) is 5.73 Å². The molecule has 1 aliphatic carbocycles. The first-order valence-electron chi connectivity index (χ1n) is 6.11. The van der Waals surface area contributed by atoms with Gasteiger partial charge in [-0.3, -0.25) is 0 Å². The number of nitrogens with two attached hydrogens (primary N) is 1. The smallest absolute Gasteiger partial charge is 0.00348 e. The van der Waals surface area contributed by atoms with E-state index in [-0.39, 0.29) is 0 Å². The molecule has 0 heterocycles. The quantitative estimate of drug-likeness (QED) is 0.803. The van der Waals surface area contributed by atoms with E-state index >= 15 is 0 Å². The third kappa shape index (κ3) is 1.81. The van der Waals surface area contributed by atoms with Gasteiger partial charge in [0.1, 0.15) is 0 Å². The fourth-order valence-electron chi connectivity index (χ4n) is 3.09. The van der Waals surface area contributed by atoms with Crippen molar-refractivity contribution in [1.82, 2.24) is 0 Å². The maximum atomic E-state index is 5.78. The highest BCUT2D eigenvalue weighted by atomic mass is 14.5. The number of hydrogen-bond acceptors (Lipinski definition) is 1. The summed E-state index contributed by atoms with van der Waals surface area (Å²) in [5, 5.41) is 0. The minimum absolute atomic E-state index is 0.379. The van der Waals surface area contributed by atoms with Crippen molar-refractivity contribution in [3.63, 3.8) is 0 Å². The van der Waals surface area contributed by atoms with Gasteiger partial charge in [-0.25, -0.2) is 0 Å². The van der Waals surface area contributed by atoms with Crippen LogP contribution in [0.3, 0.4) is 0 Å². The van der Waals surface area contributed by atoms with E-state index in [2.05, 4.69) is 31.2 Å². The summed E-state index contributed by atoms with van der Waals surface area (Å²) < 4.78 is 0. The number of fused-ring (bicyclic) bond motifs is 1. The minimum atomic E-state index is 0.379. The zero-order valence-corrected chi connectivity index (χ0v) is 9.63. The van der Waals surface area contributed by atoms with Crippen molar-refractivity contribution in [3.05, 3.63) is 35.4 Å². The normalized spacial score (nSPS) is 24.9. The second-order valence-corrected chi connectivity index (χ2v) is 4.68. The third-order valence-electron chi connectivity index (χ3n) is 3.99. The molecule has 1 aliphatic rings. The van der Waals surface area contributed by atoms with Crippen molar-refractivity contribution >= 4 is 0 Å². The molecule has 0 fully saturated rings. The summed E-state index contributed by atoms with van der Waals surface area (Å²) in [6.07, 6.45) is 6.26. The molecule has 1 unspecified atom stereocenters. The topological polar surface area (TPSA) is 26.0 Å². The highest BCUT2D eigenvalue weighted by Gasteiger charge is 2.33. The molecule has 0 radical (unpaired) electrons. The lowest BCUT2D eigenvalue weighted by atomic mass is 9.66. The molecule has 0 saturated heterocycles. The average molecular weight is 203 g/mol. The Morgan fingerprint density at radius 3 is 2.87 bits per heavy atom. The van der Waals surface area contributed by atoms with Crippen molar-refractivity contribution in [2.24, 2.45) is 5.73 Å². The van der Waals surface area contributed by atoms with Gasteiger partial charge in [0.15, 0.2) is 0 Å². The molecule has 1 aromatic rings. The van der Waals surface area contributed by atoms with E-state index in [9.17, 15) is 0 Å². The maximum Gasteiger partial charge on any atom is -0.00348 e. The van der Waals surface area contributed by atoms with Gasteiger partial charge in [0, 0.05) is 0 Å². The summed E-state index contributed by atoms with van der Waals surface area (Å²) in [5.41, 5.74) is 9.28. The SMILES string of the molecule is CCC1(CCN)CCCc2ccccc21. The second kappa shape index (κ2) is 4.36. The van der Waals surface area contributed by atoms with Crippen molar-refractivity contribution in [2.75, 3.05) is 6.54 Å². The second-order valence-electron chi connectivity index (χ2n) is 4.68. The molecule has 2 N–H and O–H groups in total. The van der Waals surface area contributed by atoms with Crippen LogP contribution >= 0.6 is 0 Å². The van der Waals surface area contributed by atoms with E-state index in [1.807, 2.05) is 0 Å². The lowest BCUT2D eigenvalue weighted by molar-refractivity contribution is 0.327. The van der Waals surface area contributed by atoms with Gasteiger partial charge in [0.25, 0.3) is 0 Å². The highest BCUT2D eigenvalue weighted by Crippen LogP contribution is 2.42. The van der Waals surface area contributed by atoms with Crippen LogP contribution in [0.25, 0.3) is 0 Å². The van der Waals surface area contributed by atoms with E-state index in [1.54, 1.807) is 11.1 Å². The van der Waals surface area contributed by atoms with Crippen LogP contribution in [0.15, 0.2) is 24.3 Å². The van der Waals surface area contributed by atoms with Gasteiger partial charge >= 0.3 is 0 Å². The van der Waals surface area contributed by atoms with Crippen LogP contribution in [0.2, 0.25) is 0 Å². The van der Waals surface area contributed by atoms with Gasteiger partial charge in [-0.15, -0.1) is 0 Å². The zero-order chi connectivity index (χ0) is 10.7. The van der Waals surface area contributed by atoms with Crippen molar-refractivity contribution in [3.8, 4) is 0 Å². The van der Waals surface area contributed by atoms with Crippen LogP contribution in [0, 0.1) is 0 Å². The average Bonchev–Trinajstić information content (AvgIpc) is 2.30. The molecular formula is C14H21N. The molecule has 0 amide bonds. The van der Waals surface area contributed by atoms with Gasteiger partial charge < -0.3 is 5.73 Å². The summed E-state index contributed by atoms with van der Waals surface area (Å²) in [7, 11) is 0. The number of benzene rings is 1. The Balaban J connectivity index is 2.42. The summed E-state index contributed by atoms with van der Waals surface area (Å²) >= 11 is 0. The lowest BCUT2D eigenvalue weighted by Gasteiger charge is -2.38. The van der Waals surface area contributed by atoms with Crippen LogP contribution in [0.1, 0.15) is 43.7 Å². The minimum Gasteiger partial charge on any atom is -0.330 e. The molecular weight excluding hydrogens is 182 g/mol. The van der Waals surface area contributed by atoms with Crippen LogP contribution in [-0.2, 0) is 11.8 Å². The van der Waals surface area contributed by atoms with Crippen molar-refractivity contribution in [1.29, 1.82) is 0 Å². The molecule has 2 rings (SSSR count). The van der Waals surface area contributed by atoms with Crippen LogP contribution < -0.4 is 5.73 Å². The zero-order valence-electron chi connectivity index (χ0n) is 9.63. The summed E-state index contributed by atoms with van der Waals surface area (Å²) in [6.45, 7) is 3.11. The molecule has 0 bridgehead atoms. The number of rotatable bonds is 3. The summed E-state index contributed by atoms with van der Waals surface area (Å²) in [6, 6.07) is 8.93. The van der Waals surface area contributed by atoms with Gasteiger partial charge in [0.2, 0.25) is 0 Å². The molecule has 1 aromatic carbocycles. The van der Waals surface area contributed by atoms with Gasteiger partial charge in [-0.2, -0.15) is 0 Å². The molecule has 0 saturated carbocycles. The summed E-state index contributed by atoms with van der Waals surface area (Å²) in [4.78, 5) is 0. The fraction of sp³-hybridized carbons (Fsp3) is 0.571. The molecule has 0 spiro atoms. The van der Waals surface area contributed by atoms with Crippen LogP contribution in [-0.4, -0.2) is 6.54 Å². The van der Waals surface area contributed by atoms with Gasteiger partial charge in [0.05, 0.1) is 0 Å². The summed E-state index contributed by atoms with van der Waals surface area (Å²) in [5.74, 6) is 0. The van der Waals surface area contributed by atoms with Gasteiger partial charge in [-0.05, 0) is 55.2 Å². The molecule has 15 heavy (non-hydrogen) atoms. The third-order valence-corrected chi connectivity index (χ3v) is 3.99. The first-order chi connectivity index (χ1) is 7.32. The molecule has 1 nitrogen and oxygen atoms in total. The van der Waals surface area contributed by atoms with Gasteiger partial charge in [-0.1, -0.05) is 31.2 Å². The maximum absolute atomic E-state index is 5.78. The Morgan fingerprint density at radius 1 is 1.33 bits per heavy atom. The Bertz CT molecular complexity index is 332.